The molecule has 1 unspecified atom stereocenters. The van der Waals surface area contributed by atoms with E-state index in [0.29, 0.717) is 11.7 Å². The van der Waals surface area contributed by atoms with E-state index in [1.807, 2.05) is 6.20 Å². The SMILES string of the molecule is CCC(C)c1ccc(-c2cnc(CS)[nH]2)cc1. The number of benzene rings is 1. The Bertz CT molecular complexity index is 473. The van der Waals surface area contributed by atoms with Crippen molar-refractivity contribution in [2.45, 2.75) is 31.9 Å². The molecule has 90 valence electrons. The number of hydrogen-bond acceptors (Lipinski definition) is 2. The van der Waals surface area contributed by atoms with Crippen LogP contribution >= 0.6 is 12.6 Å². The molecule has 0 bridgehead atoms. The smallest absolute Gasteiger partial charge is 0.116 e. The number of H-pyrrole nitrogens is 1. The molecule has 2 aromatic rings. The van der Waals surface area contributed by atoms with Gasteiger partial charge in [0.05, 0.1) is 11.9 Å². The minimum absolute atomic E-state index is 0.624. The summed E-state index contributed by atoms with van der Waals surface area (Å²) in [5, 5.41) is 0. The zero-order valence-electron chi connectivity index (χ0n) is 10.3. The Labute approximate surface area is 108 Å². The van der Waals surface area contributed by atoms with Gasteiger partial charge in [-0.3, -0.25) is 0 Å². The fraction of sp³-hybridized carbons (Fsp3) is 0.357. The van der Waals surface area contributed by atoms with Crippen LogP contribution in [0.4, 0.5) is 0 Å². The van der Waals surface area contributed by atoms with Gasteiger partial charge in [-0.2, -0.15) is 12.6 Å². The summed E-state index contributed by atoms with van der Waals surface area (Å²) in [6.45, 7) is 4.47. The van der Waals surface area contributed by atoms with Crippen molar-refractivity contribution in [1.29, 1.82) is 0 Å². The van der Waals surface area contributed by atoms with Gasteiger partial charge in [0.15, 0.2) is 0 Å². The summed E-state index contributed by atoms with van der Waals surface area (Å²) in [7, 11) is 0. The zero-order chi connectivity index (χ0) is 12.3. The van der Waals surface area contributed by atoms with Crippen molar-refractivity contribution in [2.24, 2.45) is 0 Å². The Hall–Kier alpha value is -1.22. The molecule has 0 saturated heterocycles. The highest BCUT2D eigenvalue weighted by atomic mass is 32.1. The van der Waals surface area contributed by atoms with E-state index in [9.17, 15) is 0 Å². The van der Waals surface area contributed by atoms with Crippen LogP contribution in [0.2, 0.25) is 0 Å². The molecular weight excluding hydrogens is 228 g/mol. The van der Waals surface area contributed by atoms with Crippen LogP contribution in [0, 0.1) is 0 Å². The molecule has 3 heteroatoms. The summed E-state index contributed by atoms with van der Waals surface area (Å²) in [5.74, 6) is 2.18. The van der Waals surface area contributed by atoms with Gasteiger partial charge in [0.1, 0.15) is 5.82 Å². The highest BCUT2D eigenvalue weighted by Crippen LogP contribution is 2.23. The highest BCUT2D eigenvalue weighted by molar-refractivity contribution is 7.79. The summed E-state index contributed by atoms with van der Waals surface area (Å²) >= 11 is 4.20. The van der Waals surface area contributed by atoms with Gasteiger partial charge >= 0.3 is 0 Å². The van der Waals surface area contributed by atoms with E-state index in [-0.39, 0.29) is 0 Å². The molecule has 0 aliphatic rings. The quantitative estimate of drug-likeness (QED) is 0.784. The zero-order valence-corrected chi connectivity index (χ0v) is 11.2. The molecule has 0 amide bonds. The van der Waals surface area contributed by atoms with Gasteiger partial charge in [0, 0.05) is 5.75 Å². The molecule has 1 heterocycles. The van der Waals surface area contributed by atoms with Crippen LogP contribution in [0.5, 0.6) is 0 Å². The van der Waals surface area contributed by atoms with Crippen molar-refractivity contribution >= 4 is 12.6 Å². The van der Waals surface area contributed by atoms with Crippen molar-refractivity contribution in [2.75, 3.05) is 0 Å². The summed E-state index contributed by atoms with van der Waals surface area (Å²) in [6.07, 6.45) is 3.04. The number of nitrogens with zero attached hydrogens (tertiary/aromatic N) is 1. The third kappa shape index (κ3) is 2.72. The van der Waals surface area contributed by atoms with E-state index in [1.165, 1.54) is 17.5 Å². The molecule has 17 heavy (non-hydrogen) atoms. The molecule has 0 fully saturated rings. The predicted octanol–water partition coefficient (Wildman–Crippen LogP) is 4.02. The molecule has 1 aromatic carbocycles. The molecule has 0 aliphatic carbocycles. The first-order valence-corrected chi connectivity index (χ1v) is 6.63. The van der Waals surface area contributed by atoms with Gasteiger partial charge in [-0.05, 0) is 23.5 Å². The van der Waals surface area contributed by atoms with Crippen LogP contribution in [-0.2, 0) is 5.75 Å². The fourth-order valence-electron chi connectivity index (χ4n) is 1.82. The molecule has 2 nitrogen and oxygen atoms in total. The van der Waals surface area contributed by atoms with Gasteiger partial charge in [-0.15, -0.1) is 0 Å². The summed E-state index contributed by atoms with van der Waals surface area (Å²) in [4.78, 5) is 7.51. The van der Waals surface area contributed by atoms with E-state index in [0.717, 1.165) is 11.5 Å². The third-order valence-electron chi connectivity index (χ3n) is 3.18. The standard InChI is InChI=1S/C14H18N2S/c1-3-10(2)11-4-6-12(7-5-11)13-8-15-14(9-17)16-13/h4-8,10,17H,3,9H2,1-2H3,(H,15,16). The summed E-state index contributed by atoms with van der Waals surface area (Å²) in [6, 6.07) is 8.70. The first-order valence-electron chi connectivity index (χ1n) is 5.99. The van der Waals surface area contributed by atoms with Gasteiger partial charge in [0.2, 0.25) is 0 Å². The Balaban J connectivity index is 2.22. The summed E-state index contributed by atoms with van der Waals surface area (Å²) in [5.41, 5.74) is 3.63. The number of imidazole rings is 1. The second-order valence-corrected chi connectivity index (χ2v) is 4.65. The Morgan fingerprint density at radius 1 is 1.29 bits per heavy atom. The van der Waals surface area contributed by atoms with Crippen LogP contribution in [0.25, 0.3) is 11.3 Å². The second kappa shape index (κ2) is 5.41. The van der Waals surface area contributed by atoms with Gasteiger partial charge < -0.3 is 4.98 Å². The lowest BCUT2D eigenvalue weighted by molar-refractivity contribution is 0.734. The average Bonchev–Trinajstić information content (AvgIpc) is 2.87. The maximum absolute atomic E-state index is 4.25. The van der Waals surface area contributed by atoms with Crippen molar-refractivity contribution in [1.82, 2.24) is 9.97 Å². The average molecular weight is 246 g/mol. The Kier molecular flexibility index (Phi) is 3.89. The van der Waals surface area contributed by atoms with Crippen molar-refractivity contribution in [3.8, 4) is 11.3 Å². The monoisotopic (exact) mass is 246 g/mol. The van der Waals surface area contributed by atoms with Gasteiger partial charge in [0.25, 0.3) is 0 Å². The minimum atomic E-state index is 0.624. The van der Waals surface area contributed by atoms with Crippen LogP contribution in [0.1, 0.15) is 37.6 Å². The fourth-order valence-corrected chi connectivity index (χ4v) is 1.98. The second-order valence-electron chi connectivity index (χ2n) is 4.33. The molecule has 1 N–H and O–H groups in total. The largest absolute Gasteiger partial charge is 0.341 e. The lowest BCUT2D eigenvalue weighted by Gasteiger charge is -2.09. The number of hydrogen-bond donors (Lipinski definition) is 2. The molecule has 2 rings (SSSR count). The predicted molar refractivity (Wildman–Crippen MR) is 75.4 cm³/mol. The van der Waals surface area contributed by atoms with E-state index < -0.39 is 0 Å². The maximum atomic E-state index is 4.25. The number of aromatic amines is 1. The van der Waals surface area contributed by atoms with E-state index >= 15 is 0 Å². The van der Waals surface area contributed by atoms with Crippen molar-refractivity contribution in [3.05, 3.63) is 41.9 Å². The molecule has 0 radical (unpaired) electrons. The first kappa shape index (κ1) is 12.2. The number of nitrogens with one attached hydrogen (secondary N) is 1. The number of thiol groups is 1. The van der Waals surface area contributed by atoms with Crippen LogP contribution in [0.15, 0.2) is 30.5 Å². The lowest BCUT2D eigenvalue weighted by atomic mass is 9.97. The number of aromatic nitrogens is 2. The highest BCUT2D eigenvalue weighted by Gasteiger charge is 2.05. The number of rotatable bonds is 4. The molecule has 1 aromatic heterocycles. The molecule has 1 atom stereocenters. The van der Waals surface area contributed by atoms with Gasteiger partial charge in [-0.1, -0.05) is 38.1 Å². The summed E-state index contributed by atoms with van der Waals surface area (Å²) < 4.78 is 0. The van der Waals surface area contributed by atoms with Crippen molar-refractivity contribution < 1.29 is 0 Å². The molecule has 0 spiro atoms. The maximum Gasteiger partial charge on any atom is 0.116 e. The Morgan fingerprint density at radius 2 is 2.00 bits per heavy atom. The molecule has 0 saturated carbocycles. The third-order valence-corrected chi connectivity index (χ3v) is 3.48. The normalized spacial score (nSPS) is 12.6. The molecule has 0 aliphatic heterocycles. The van der Waals surface area contributed by atoms with Crippen LogP contribution < -0.4 is 0 Å². The van der Waals surface area contributed by atoms with E-state index in [2.05, 4.69) is 60.7 Å². The minimum Gasteiger partial charge on any atom is -0.341 e. The molecular formula is C14H18N2S. The van der Waals surface area contributed by atoms with Crippen LogP contribution in [0.3, 0.4) is 0 Å². The van der Waals surface area contributed by atoms with E-state index in [4.69, 9.17) is 0 Å². The van der Waals surface area contributed by atoms with Crippen LogP contribution in [-0.4, -0.2) is 9.97 Å². The van der Waals surface area contributed by atoms with Crippen molar-refractivity contribution in [3.63, 3.8) is 0 Å². The topological polar surface area (TPSA) is 28.7 Å². The van der Waals surface area contributed by atoms with E-state index in [1.54, 1.807) is 0 Å². The lowest BCUT2D eigenvalue weighted by Crippen LogP contribution is -1.90. The Morgan fingerprint density at radius 3 is 2.53 bits per heavy atom. The first-order chi connectivity index (χ1) is 8.24. The van der Waals surface area contributed by atoms with Gasteiger partial charge in [-0.25, -0.2) is 4.98 Å².